The fourth-order valence-corrected chi connectivity index (χ4v) is 3.33. The molecular weight excluding hydrogens is 258 g/mol. The monoisotopic (exact) mass is 279 g/mol. The largest absolute Gasteiger partial charge is 0.326 e. The lowest BCUT2D eigenvalue weighted by atomic mass is 9.84. The summed E-state index contributed by atoms with van der Waals surface area (Å²) in [6.07, 6.45) is 4.79. The van der Waals surface area contributed by atoms with Crippen LogP contribution in [0.3, 0.4) is 0 Å². The molecule has 0 aromatic heterocycles. The number of carbonyl (C=O) groups excluding carboxylic acids is 1. The minimum atomic E-state index is -0.0334. The Morgan fingerprint density at radius 2 is 1.48 bits per heavy atom. The van der Waals surface area contributed by atoms with E-state index < -0.39 is 0 Å². The number of amides is 1. The predicted octanol–water partition coefficient (Wildman–Crippen LogP) is 4.60. The summed E-state index contributed by atoms with van der Waals surface area (Å²) >= 11 is 0. The smallest absolute Gasteiger partial charge is 0.232 e. The highest BCUT2D eigenvalue weighted by Crippen LogP contribution is 2.38. The Labute approximate surface area is 126 Å². The van der Waals surface area contributed by atoms with Gasteiger partial charge in [-0.1, -0.05) is 61.4 Å². The summed E-state index contributed by atoms with van der Waals surface area (Å²) in [6.45, 7) is 0. The number of benzene rings is 2. The predicted molar refractivity (Wildman–Crippen MR) is 86.2 cm³/mol. The van der Waals surface area contributed by atoms with Crippen molar-refractivity contribution in [1.29, 1.82) is 0 Å². The molecule has 0 heterocycles. The van der Waals surface area contributed by atoms with Gasteiger partial charge in [0.1, 0.15) is 0 Å². The zero-order valence-electron chi connectivity index (χ0n) is 12.2. The van der Waals surface area contributed by atoms with Crippen molar-refractivity contribution in [2.45, 2.75) is 31.6 Å². The van der Waals surface area contributed by atoms with Crippen LogP contribution >= 0.6 is 0 Å². The maximum atomic E-state index is 12.8. The zero-order valence-corrected chi connectivity index (χ0v) is 12.2. The molecule has 1 aliphatic rings. The number of rotatable bonds is 4. The van der Waals surface area contributed by atoms with Crippen molar-refractivity contribution in [2.75, 3.05) is 5.32 Å². The van der Waals surface area contributed by atoms with E-state index in [4.69, 9.17) is 0 Å². The SMILES string of the molecule is O=C(Nc1ccccc1)[C@H](c1ccccc1)C1CCCC1. The Bertz CT molecular complexity index is 573. The van der Waals surface area contributed by atoms with Gasteiger partial charge < -0.3 is 5.32 Å². The second-order valence-electron chi connectivity index (χ2n) is 5.79. The third kappa shape index (κ3) is 3.33. The normalized spacial score (nSPS) is 16.6. The van der Waals surface area contributed by atoms with E-state index >= 15 is 0 Å². The second kappa shape index (κ2) is 6.57. The van der Waals surface area contributed by atoms with Crippen LogP contribution in [0.1, 0.15) is 37.2 Å². The Morgan fingerprint density at radius 1 is 0.905 bits per heavy atom. The van der Waals surface area contributed by atoms with Gasteiger partial charge in [0.05, 0.1) is 5.92 Å². The fraction of sp³-hybridized carbons (Fsp3) is 0.316. The summed E-state index contributed by atoms with van der Waals surface area (Å²) < 4.78 is 0. The van der Waals surface area contributed by atoms with Crippen molar-refractivity contribution in [1.82, 2.24) is 0 Å². The standard InChI is InChI=1S/C19H21NO/c21-19(20-17-13-5-2-6-14-17)18(16-11-7-8-12-16)15-9-3-1-4-10-15/h1-6,9-10,13-14,16,18H,7-8,11-12H2,(H,20,21)/t18-/m1/s1. The van der Waals surface area contributed by atoms with Gasteiger partial charge in [-0.15, -0.1) is 0 Å². The van der Waals surface area contributed by atoms with Gasteiger partial charge in [0.15, 0.2) is 0 Å². The first kappa shape index (κ1) is 13.9. The highest BCUT2D eigenvalue weighted by atomic mass is 16.1. The summed E-state index contributed by atoms with van der Waals surface area (Å²) in [5.74, 6) is 0.560. The molecule has 2 heteroatoms. The molecule has 0 radical (unpaired) electrons. The summed E-state index contributed by atoms with van der Waals surface area (Å²) in [5, 5.41) is 3.08. The van der Waals surface area contributed by atoms with Crippen molar-refractivity contribution in [3.05, 3.63) is 66.2 Å². The number of anilines is 1. The molecule has 1 saturated carbocycles. The molecule has 0 aliphatic heterocycles. The topological polar surface area (TPSA) is 29.1 Å². The molecule has 1 fully saturated rings. The lowest BCUT2D eigenvalue weighted by molar-refractivity contribution is -0.118. The number of carbonyl (C=O) groups is 1. The highest BCUT2D eigenvalue weighted by Gasteiger charge is 2.31. The molecule has 0 spiro atoms. The molecule has 2 aromatic rings. The second-order valence-corrected chi connectivity index (χ2v) is 5.79. The van der Waals surface area contributed by atoms with Crippen molar-refractivity contribution >= 4 is 11.6 Å². The zero-order chi connectivity index (χ0) is 14.5. The molecule has 0 unspecified atom stereocenters. The maximum absolute atomic E-state index is 12.8. The van der Waals surface area contributed by atoms with Gasteiger partial charge in [-0.3, -0.25) is 4.79 Å². The van der Waals surface area contributed by atoms with Crippen LogP contribution in [-0.2, 0) is 4.79 Å². The van der Waals surface area contributed by atoms with Crippen molar-refractivity contribution in [3.8, 4) is 0 Å². The summed E-state index contributed by atoms with van der Waals surface area (Å²) in [6, 6.07) is 19.9. The summed E-state index contributed by atoms with van der Waals surface area (Å²) in [5.41, 5.74) is 2.01. The van der Waals surface area contributed by atoms with E-state index in [1.54, 1.807) is 0 Å². The van der Waals surface area contributed by atoms with Crippen LogP contribution in [0.4, 0.5) is 5.69 Å². The number of hydrogen-bond donors (Lipinski definition) is 1. The molecular formula is C19H21NO. The van der Waals surface area contributed by atoms with Gasteiger partial charge >= 0.3 is 0 Å². The van der Waals surface area contributed by atoms with Crippen LogP contribution in [0, 0.1) is 5.92 Å². The van der Waals surface area contributed by atoms with Crippen LogP contribution in [0.5, 0.6) is 0 Å². The van der Waals surface area contributed by atoms with Crippen LogP contribution < -0.4 is 5.32 Å². The Hall–Kier alpha value is -2.09. The molecule has 1 N–H and O–H groups in total. The van der Waals surface area contributed by atoms with Gasteiger partial charge in [-0.2, -0.15) is 0 Å². The van der Waals surface area contributed by atoms with Gasteiger partial charge in [-0.05, 0) is 36.5 Å². The molecule has 108 valence electrons. The third-order valence-corrected chi connectivity index (χ3v) is 4.35. The molecule has 21 heavy (non-hydrogen) atoms. The highest BCUT2D eigenvalue weighted by molar-refractivity contribution is 5.96. The Kier molecular flexibility index (Phi) is 4.34. The fourth-order valence-electron chi connectivity index (χ4n) is 3.33. The van der Waals surface area contributed by atoms with Gasteiger partial charge in [0.25, 0.3) is 0 Å². The molecule has 3 rings (SSSR count). The van der Waals surface area contributed by atoms with Gasteiger partial charge in [-0.25, -0.2) is 0 Å². The number of nitrogens with one attached hydrogen (secondary N) is 1. The molecule has 2 aromatic carbocycles. The van der Waals surface area contributed by atoms with Crippen LogP contribution in [-0.4, -0.2) is 5.91 Å². The molecule has 0 saturated heterocycles. The van der Waals surface area contributed by atoms with Crippen LogP contribution in [0.15, 0.2) is 60.7 Å². The van der Waals surface area contributed by atoms with Crippen LogP contribution in [0.2, 0.25) is 0 Å². The van der Waals surface area contributed by atoms with E-state index in [0.29, 0.717) is 5.92 Å². The van der Waals surface area contributed by atoms with Gasteiger partial charge in [0.2, 0.25) is 5.91 Å². The molecule has 2 nitrogen and oxygen atoms in total. The van der Waals surface area contributed by atoms with E-state index in [1.807, 2.05) is 48.5 Å². The molecule has 1 aliphatic carbocycles. The summed E-state index contributed by atoms with van der Waals surface area (Å²) in [4.78, 5) is 12.8. The Morgan fingerprint density at radius 3 is 2.10 bits per heavy atom. The lowest BCUT2D eigenvalue weighted by Crippen LogP contribution is -2.26. The average molecular weight is 279 g/mol. The van der Waals surface area contributed by atoms with Crippen molar-refractivity contribution in [3.63, 3.8) is 0 Å². The number of hydrogen-bond acceptors (Lipinski definition) is 1. The first-order valence-corrected chi connectivity index (χ1v) is 7.75. The third-order valence-electron chi connectivity index (χ3n) is 4.35. The van der Waals surface area contributed by atoms with Gasteiger partial charge in [0, 0.05) is 5.69 Å². The van der Waals surface area contributed by atoms with E-state index in [0.717, 1.165) is 24.1 Å². The lowest BCUT2D eigenvalue weighted by Gasteiger charge is -2.23. The maximum Gasteiger partial charge on any atom is 0.232 e. The average Bonchev–Trinajstić information content (AvgIpc) is 3.03. The minimum Gasteiger partial charge on any atom is -0.326 e. The molecule has 1 atom stereocenters. The van der Waals surface area contributed by atoms with E-state index in [9.17, 15) is 4.79 Å². The van der Waals surface area contributed by atoms with Crippen molar-refractivity contribution < 1.29 is 4.79 Å². The molecule has 1 amide bonds. The van der Waals surface area contributed by atoms with Crippen molar-refractivity contribution in [2.24, 2.45) is 5.92 Å². The quantitative estimate of drug-likeness (QED) is 0.870. The first-order chi connectivity index (χ1) is 10.3. The summed E-state index contributed by atoms with van der Waals surface area (Å²) in [7, 11) is 0. The molecule has 0 bridgehead atoms. The van der Waals surface area contributed by atoms with E-state index in [-0.39, 0.29) is 11.8 Å². The first-order valence-electron chi connectivity index (χ1n) is 7.75. The van der Waals surface area contributed by atoms with E-state index in [2.05, 4.69) is 17.4 Å². The van der Waals surface area contributed by atoms with E-state index in [1.165, 1.54) is 12.8 Å². The number of para-hydroxylation sites is 1. The Balaban J connectivity index is 1.83. The van der Waals surface area contributed by atoms with Crippen LogP contribution in [0.25, 0.3) is 0 Å². The minimum absolute atomic E-state index is 0.0334.